The van der Waals surface area contributed by atoms with Crippen LogP contribution in [0.25, 0.3) is 0 Å². The van der Waals surface area contributed by atoms with Gasteiger partial charge in [-0.05, 0) is 69.9 Å². The first-order valence-corrected chi connectivity index (χ1v) is 14.1. The molecule has 0 spiro atoms. The summed E-state index contributed by atoms with van der Waals surface area (Å²) in [6.45, 7) is 11.4. The van der Waals surface area contributed by atoms with Crippen LogP contribution >= 0.6 is 12.6 Å². The van der Waals surface area contributed by atoms with Gasteiger partial charge in [-0.2, -0.15) is 12.6 Å². The molecule has 0 bridgehead atoms. The number of para-hydroxylation sites is 1. The van der Waals surface area contributed by atoms with Crippen LogP contribution in [0, 0.1) is 13.8 Å². The maximum absolute atomic E-state index is 14.0. The second-order valence-electron chi connectivity index (χ2n) is 10.7. The number of aromatic hydroxyl groups is 1. The Morgan fingerprint density at radius 3 is 2.23 bits per heavy atom. The van der Waals surface area contributed by atoms with Crippen molar-refractivity contribution in [2.45, 2.75) is 84.9 Å². The first kappa shape index (κ1) is 32.0. The number of rotatable bonds is 12. The highest BCUT2D eigenvalue weighted by atomic mass is 32.1. The van der Waals surface area contributed by atoms with Gasteiger partial charge in [-0.3, -0.25) is 9.59 Å². The summed E-state index contributed by atoms with van der Waals surface area (Å²) in [5.74, 6) is -0.891. The summed E-state index contributed by atoms with van der Waals surface area (Å²) in [6, 6.07) is 9.97. The number of hydrogen-bond acceptors (Lipinski definition) is 6. The number of carbonyl (C=O) groups excluding carboxylic acids is 3. The maximum atomic E-state index is 14.0. The number of thiol groups is 1. The van der Waals surface area contributed by atoms with Crippen LogP contribution in [-0.4, -0.2) is 51.9 Å². The number of nitrogens with zero attached hydrogens (tertiary/aromatic N) is 1. The zero-order valence-corrected chi connectivity index (χ0v) is 24.8. The van der Waals surface area contributed by atoms with E-state index in [1.807, 2.05) is 32.0 Å². The molecule has 2 rings (SSSR count). The van der Waals surface area contributed by atoms with Crippen LogP contribution < -0.4 is 10.6 Å². The average Bonchev–Trinajstić information content (AvgIpc) is 2.85. The van der Waals surface area contributed by atoms with E-state index in [9.17, 15) is 19.5 Å². The van der Waals surface area contributed by atoms with E-state index in [4.69, 9.17) is 4.74 Å². The number of amides is 3. The Labute approximate surface area is 237 Å². The van der Waals surface area contributed by atoms with Gasteiger partial charge in [0.15, 0.2) is 0 Å². The molecule has 2 aromatic rings. The first-order chi connectivity index (χ1) is 18.4. The molecule has 39 heavy (non-hydrogen) atoms. The first-order valence-electron chi connectivity index (χ1n) is 13.4. The third kappa shape index (κ3) is 9.80. The fraction of sp³-hybridized carbons (Fsp3) is 0.500. The van der Waals surface area contributed by atoms with E-state index in [0.717, 1.165) is 30.4 Å². The van der Waals surface area contributed by atoms with Gasteiger partial charge in [-0.15, -0.1) is 0 Å². The van der Waals surface area contributed by atoms with Crippen molar-refractivity contribution in [3.63, 3.8) is 0 Å². The lowest BCUT2D eigenvalue weighted by molar-refractivity contribution is -0.140. The van der Waals surface area contributed by atoms with E-state index in [-0.39, 0.29) is 18.0 Å². The minimum absolute atomic E-state index is 0.00875. The van der Waals surface area contributed by atoms with Crippen molar-refractivity contribution in [2.75, 3.05) is 17.6 Å². The smallest absolute Gasteiger partial charge is 0.408 e. The lowest BCUT2D eigenvalue weighted by atomic mass is 10.0. The third-order valence-electron chi connectivity index (χ3n) is 6.18. The van der Waals surface area contributed by atoms with Crippen molar-refractivity contribution in [1.29, 1.82) is 0 Å². The van der Waals surface area contributed by atoms with E-state index >= 15 is 0 Å². The number of phenols is 1. The molecular weight excluding hydrogens is 514 g/mol. The number of aryl methyl sites for hydroxylation is 2. The predicted molar refractivity (Wildman–Crippen MR) is 158 cm³/mol. The maximum Gasteiger partial charge on any atom is 0.408 e. The minimum atomic E-state index is -1.06. The topological polar surface area (TPSA) is 108 Å². The second kappa shape index (κ2) is 14.8. The molecule has 0 fully saturated rings. The van der Waals surface area contributed by atoms with Crippen LogP contribution in [0.5, 0.6) is 5.75 Å². The van der Waals surface area contributed by atoms with Crippen molar-refractivity contribution in [1.82, 2.24) is 10.2 Å². The van der Waals surface area contributed by atoms with Gasteiger partial charge >= 0.3 is 6.09 Å². The molecule has 0 heterocycles. The van der Waals surface area contributed by atoms with Crippen LogP contribution in [0.2, 0.25) is 0 Å². The normalized spacial score (nSPS) is 12.8. The lowest BCUT2D eigenvalue weighted by Gasteiger charge is -2.34. The van der Waals surface area contributed by atoms with Gasteiger partial charge in [0, 0.05) is 18.0 Å². The third-order valence-corrected chi connectivity index (χ3v) is 6.55. The fourth-order valence-electron chi connectivity index (χ4n) is 4.28. The summed E-state index contributed by atoms with van der Waals surface area (Å²) in [5, 5.41) is 15.9. The molecule has 0 saturated carbocycles. The molecule has 0 saturated heterocycles. The molecule has 3 amide bonds. The van der Waals surface area contributed by atoms with Gasteiger partial charge < -0.3 is 25.4 Å². The zero-order chi connectivity index (χ0) is 29.2. The fourth-order valence-corrected chi connectivity index (χ4v) is 4.53. The Hall–Kier alpha value is -3.20. The van der Waals surface area contributed by atoms with E-state index in [2.05, 4.69) is 30.2 Å². The number of benzene rings is 2. The zero-order valence-electron chi connectivity index (χ0n) is 23.9. The van der Waals surface area contributed by atoms with E-state index in [1.54, 1.807) is 32.9 Å². The number of phenolic OH excluding ortho intramolecular Hbond substituents is 1. The number of unbranched alkanes of at least 4 members (excludes halogenated alkanes) is 3. The van der Waals surface area contributed by atoms with Gasteiger partial charge in [0.2, 0.25) is 5.91 Å². The SMILES string of the molecule is CCCCCCN(C(=O)C(CS)NC(=O)OC(C)(C)C)C(C(=O)Nc1c(C)cccc1C)c1cccc(O)c1. The summed E-state index contributed by atoms with van der Waals surface area (Å²) in [5.41, 5.74) is 2.16. The van der Waals surface area contributed by atoms with Gasteiger partial charge in [-0.1, -0.05) is 56.5 Å². The Balaban J connectivity index is 2.52. The van der Waals surface area contributed by atoms with Crippen molar-refractivity contribution in [3.8, 4) is 5.75 Å². The highest BCUT2D eigenvalue weighted by molar-refractivity contribution is 7.80. The van der Waals surface area contributed by atoms with Gasteiger partial charge in [0.05, 0.1) is 0 Å². The van der Waals surface area contributed by atoms with E-state index in [0.29, 0.717) is 17.7 Å². The number of nitrogens with one attached hydrogen (secondary N) is 2. The van der Waals surface area contributed by atoms with Crippen molar-refractivity contribution in [3.05, 3.63) is 59.2 Å². The van der Waals surface area contributed by atoms with Gasteiger partial charge in [-0.25, -0.2) is 4.79 Å². The Morgan fingerprint density at radius 1 is 1.03 bits per heavy atom. The highest BCUT2D eigenvalue weighted by Crippen LogP contribution is 2.29. The number of carbonyl (C=O) groups is 3. The number of hydrogen-bond donors (Lipinski definition) is 4. The summed E-state index contributed by atoms with van der Waals surface area (Å²) in [4.78, 5) is 42.0. The van der Waals surface area contributed by atoms with Gasteiger partial charge in [0.25, 0.3) is 5.91 Å². The van der Waals surface area contributed by atoms with E-state index < -0.39 is 35.6 Å². The quantitative estimate of drug-likeness (QED) is 0.191. The molecule has 8 nitrogen and oxygen atoms in total. The monoisotopic (exact) mass is 557 g/mol. The standard InChI is InChI=1S/C30H43N3O5S/c1-7-8-9-10-17-33(28(36)24(19-39)31-29(37)38-30(4,5)6)26(22-15-12-16-23(34)18-22)27(35)32-25-20(2)13-11-14-21(25)3/h11-16,18,24,26,34,39H,7-10,17,19H2,1-6H3,(H,31,37)(H,32,35). The highest BCUT2D eigenvalue weighted by Gasteiger charge is 2.36. The van der Waals surface area contributed by atoms with Crippen molar-refractivity contribution in [2.24, 2.45) is 0 Å². The number of ether oxygens (including phenoxy) is 1. The molecule has 9 heteroatoms. The summed E-state index contributed by atoms with van der Waals surface area (Å²) >= 11 is 4.33. The van der Waals surface area contributed by atoms with Crippen molar-refractivity contribution >= 4 is 36.2 Å². The molecule has 3 N–H and O–H groups in total. The Kier molecular flexibility index (Phi) is 12.2. The number of anilines is 1. The van der Waals surface area contributed by atoms with Gasteiger partial charge in [0.1, 0.15) is 23.4 Å². The van der Waals surface area contributed by atoms with Crippen molar-refractivity contribution < 1.29 is 24.2 Å². The molecule has 0 aliphatic carbocycles. The van der Waals surface area contributed by atoms with Crippen LogP contribution in [-0.2, 0) is 14.3 Å². The molecule has 214 valence electrons. The Morgan fingerprint density at radius 2 is 1.67 bits per heavy atom. The second-order valence-corrected chi connectivity index (χ2v) is 11.1. The summed E-state index contributed by atoms with van der Waals surface area (Å²) < 4.78 is 5.36. The lowest BCUT2D eigenvalue weighted by Crippen LogP contribution is -2.53. The molecule has 0 radical (unpaired) electrons. The molecule has 0 aliphatic rings. The van der Waals surface area contributed by atoms with Crippen LogP contribution in [0.15, 0.2) is 42.5 Å². The largest absolute Gasteiger partial charge is 0.508 e. The number of alkyl carbamates (subject to hydrolysis) is 1. The molecule has 2 aromatic carbocycles. The molecule has 2 atom stereocenters. The summed E-state index contributed by atoms with van der Waals surface area (Å²) in [6.07, 6.45) is 2.79. The summed E-state index contributed by atoms with van der Waals surface area (Å²) in [7, 11) is 0. The molecule has 2 unspecified atom stereocenters. The van der Waals surface area contributed by atoms with Crippen LogP contribution in [0.4, 0.5) is 10.5 Å². The minimum Gasteiger partial charge on any atom is -0.508 e. The predicted octanol–water partition coefficient (Wildman–Crippen LogP) is 5.92. The van der Waals surface area contributed by atoms with E-state index in [1.165, 1.54) is 17.0 Å². The van der Waals surface area contributed by atoms with Crippen LogP contribution in [0.1, 0.15) is 76.1 Å². The molecule has 0 aliphatic heterocycles. The average molecular weight is 558 g/mol. The molecule has 0 aromatic heterocycles. The molecular formula is C30H43N3O5S. The Bertz CT molecular complexity index is 1110. The van der Waals surface area contributed by atoms with Crippen LogP contribution in [0.3, 0.4) is 0 Å².